The number of carbonyl (C=O) groups is 1. The highest BCUT2D eigenvalue weighted by atomic mass is 16.5. The zero-order valence-corrected chi connectivity index (χ0v) is 14.9. The van der Waals surface area contributed by atoms with E-state index in [0.29, 0.717) is 31.2 Å². The molecular formula is C20H25N3O2. The first-order valence-electron chi connectivity index (χ1n) is 9.20. The highest BCUT2D eigenvalue weighted by molar-refractivity contribution is 5.92. The second-order valence-electron chi connectivity index (χ2n) is 7.11. The predicted octanol–water partition coefficient (Wildman–Crippen LogP) is 3.20. The molecule has 1 amide bonds. The Kier molecular flexibility index (Phi) is 4.34. The van der Waals surface area contributed by atoms with Crippen LogP contribution < -0.4 is 0 Å². The van der Waals surface area contributed by atoms with Crippen molar-refractivity contribution in [1.29, 1.82) is 0 Å². The van der Waals surface area contributed by atoms with Crippen LogP contribution in [0.5, 0.6) is 0 Å². The van der Waals surface area contributed by atoms with Crippen molar-refractivity contribution in [3.05, 3.63) is 53.3 Å². The number of amides is 1. The normalized spacial score (nSPS) is 23.7. The number of rotatable bonds is 4. The molecule has 2 fully saturated rings. The molecule has 0 radical (unpaired) electrons. The van der Waals surface area contributed by atoms with Crippen LogP contribution in [-0.4, -0.2) is 39.8 Å². The van der Waals surface area contributed by atoms with Crippen LogP contribution in [0.3, 0.4) is 0 Å². The van der Waals surface area contributed by atoms with E-state index in [4.69, 9.17) is 4.74 Å². The van der Waals surface area contributed by atoms with Crippen molar-refractivity contribution in [3.63, 3.8) is 0 Å². The fourth-order valence-electron chi connectivity index (χ4n) is 3.66. The van der Waals surface area contributed by atoms with Crippen LogP contribution in [0, 0.1) is 12.8 Å². The van der Waals surface area contributed by atoms with Crippen molar-refractivity contribution in [2.45, 2.75) is 45.4 Å². The minimum absolute atomic E-state index is 0.0522. The van der Waals surface area contributed by atoms with Gasteiger partial charge in [0.05, 0.1) is 18.3 Å². The minimum atomic E-state index is -0.0522. The summed E-state index contributed by atoms with van der Waals surface area (Å²) in [5.41, 5.74) is 2.71. The summed E-state index contributed by atoms with van der Waals surface area (Å²) in [7, 11) is 0. The summed E-state index contributed by atoms with van der Waals surface area (Å²) < 4.78 is 8.16. The first-order valence-corrected chi connectivity index (χ1v) is 9.20. The third kappa shape index (κ3) is 3.33. The SMILES string of the molecule is CCn1nc(C)cc1C(=O)N1C[C@@H](c2ccccc2)O[C@@H](C2CC2)C1. The molecular weight excluding hydrogens is 314 g/mol. The molecule has 1 aliphatic carbocycles. The van der Waals surface area contributed by atoms with Crippen LogP contribution in [0.15, 0.2) is 36.4 Å². The van der Waals surface area contributed by atoms with E-state index in [9.17, 15) is 4.79 Å². The number of hydrogen-bond acceptors (Lipinski definition) is 3. The van der Waals surface area contributed by atoms with Crippen molar-refractivity contribution < 1.29 is 9.53 Å². The average Bonchev–Trinajstić information content (AvgIpc) is 3.43. The smallest absolute Gasteiger partial charge is 0.272 e. The molecule has 1 saturated carbocycles. The lowest BCUT2D eigenvalue weighted by Gasteiger charge is -2.38. The van der Waals surface area contributed by atoms with E-state index in [2.05, 4.69) is 17.2 Å². The van der Waals surface area contributed by atoms with Gasteiger partial charge in [0.15, 0.2) is 0 Å². The molecule has 5 nitrogen and oxygen atoms in total. The molecule has 2 atom stereocenters. The first-order chi connectivity index (χ1) is 12.2. The monoisotopic (exact) mass is 339 g/mol. The molecule has 0 bridgehead atoms. The molecule has 1 aromatic carbocycles. The molecule has 0 N–H and O–H groups in total. The third-order valence-corrected chi connectivity index (χ3v) is 5.15. The summed E-state index contributed by atoms with van der Waals surface area (Å²) in [5.74, 6) is 0.664. The van der Waals surface area contributed by atoms with E-state index < -0.39 is 0 Å². The largest absolute Gasteiger partial charge is 0.366 e. The molecule has 2 aliphatic rings. The van der Waals surface area contributed by atoms with E-state index in [1.54, 1.807) is 4.68 Å². The molecule has 0 unspecified atom stereocenters. The van der Waals surface area contributed by atoms with Gasteiger partial charge in [-0.2, -0.15) is 5.10 Å². The fourth-order valence-corrected chi connectivity index (χ4v) is 3.66. The summed E-state index contributed by atoms with van der Waals surface area (Å²) in [6.45, 7) is 5.93. The van der Waals surface area contributed by atoms with Crippen LogP contribution in [-0.2, 0) is 11.3 Å². The zero-order chi connectivity index (χ0) is 17.4. The Labute approximate surface area is 148 Å². The average molecular weight is 339 g/mol. The number of aromatic nitrogens is 2. The Morgan fingerprint density at radius 1 is 1.24 bits per heavy atom. The first kappa shape index (κ1) is 16.3. The number of benzene rings is 1. The fraction of sp³-hybridized carbons (Fsp3) is 0.500. The van der Waals surface area contributed by atoms with E-state index >= 15 is 0 Å². The molecule has 132 valence electrons. The Hall–Kier alpha value is -2.14. The molecule has 1 aromatic heterocycles. The Morgan fingerprint density at radius 3 is 2.68 bits per heavy atom. The van der Waals surface area contributed by atoms with Crippen molar-refractivity contribution in [2.24, 2.45) is 5.92 Å². The van der Waals surface area contributed by atoms with Gasteiger partial charge < -0.3 is 9.64 Å². The van der Waals surface area contributed by atoms with Gasteiger partial charge in [-0.3, -0.25) is 9.48 Å². The summed E-state index contributed by atoms with van der Waals surface area (Å²) in [5, 5.41) is 4.43. The second kappa shape index (κ2) is 6.64. The van der Waals surface area contributed by atoms with Gasteiger partial charge in [0.1, 0.15) is 11.8 Å². The molecule has 2 heterocycles. The lowest BCUT2D eigenvalue weighted by molar-refractivity contribution is -0.0865. The summed E-state index contributed by atoms with van der Waals surface area (Å²) in [4.78, 5) is 15.1. The summed E-state index contributed by atoms with van der Waals surface area (Å²) >= 11 is 0. The molecule has 25 heavy (non-hydrogen) atoms. The molecule has 4 rings (SSSR count). The predicted molar refractivity (Wildman–Crippen MR) is 95.3 cm³/mol. The summed E-state index contributed by atoms with van der Waals surface area (Å²) in [6.07, 6.45) is 2.51. The lowest BCUT2D eigenvalue weighted by atomic mass is 10.0. The van der Waals surface area contributed by atoms with Crippen LogP contribution >= 0.6 is 0 Å². The second-order valence-corrected chi connectivity index (χ2v) is 7.11. The highest BCUT2D eigenvalue weighted by Crippen LogP contribution is 2.39. The van der Waals surface area contributed by atoms with Crippen LogP contribution in [0.1, 0.15) is 47.6 Å². The number of hydrogen-bond donors (Lipinski definition) is 0. The Morgan fingerprint density at radius 2 is 2.00 bits per heavy atom. The van der Waals surface area contributed by atoms with Gasteiger partial charge in [0.2, 0.25) is 0 Å². The van der Waals surface area contributed by atoms with Crippen molar-refractivity contribution in [2.75, 3.05) is 13.1 Å². The van der Waals surface area contributed by atoms with Crippen molar-refractivity contribution in [3.8, 4) is 0 Å². The van der Waals surface area contributed by atoms with Gasteiger partial charge in [0, 0.05) is 13.1 Å². The van der Waals surface area contributed by atoms with Gasteiger partial charge >= 0.3 is 0 Å². The Balaban J connectivity index is 1.60. The van der Waals surface area contributed by atoms with E-state index in [1.807, 2.05) is 43.0 Å². The van der Waals surface area contributed by atoms with Gasteiger partial charge in [-0.05, 0) is 44.2 Å². The molecule has 0 spiro atoms. The van der Waals surface area contributed by atoms with E-state index in [-0.39, 0.29) is 18.1 Å². The number of ether oxygens (including phenoxy) is 1. The van der Waals surface area contributed by atoms with Gasteiger partial charge in [-0.25, -0.2) is 0 Å². The maximum Gasteiger partial charge on any atom is 0.272 e. The molecule has 5 heteroatoms. The number of nitrogens with zero attached hydrogens (tertiary/aromatic N) is 3. The van der Waals surface area contributed by atoms with Gasteiger partial charge in [0.25, 0.3) is 5.91 Å². The third-order valence-electron chi connectivity index (χ3n) is 5.15. The van der Waals surface area contributed by atoms with Crippen molar-refractivity contribution >= 4 is 5.91 Å². The number of aryl methyl sites for hydroxylation is 2. The standard InChI is InChI=1S/C20H25N3O2/c1-3-23-17(11-14(2)21-23)20(24)22-12-18(15-7-5-4-6-8-15)25-19(13-22)16-9-10-16/h4-8,11,16,18-19H,3,9-10,12-13H2,1-2H3/t18-,19+/m0/s1. The Bertz CT molecular complexity index is 752. The minimum Gasteiger partial charge on any atom is -0.366 e. The van der Waals surface area contributed by atoms with E-state index in [0.717, 1.165) is 11.3 Å². The molecule has 2 aromatic rings. The van der Waals surface area contributed by atoms with Crippen molar-refractivity contribution in [1.82, 2.24) is 14.7 Å². The zero-order valence-electron chi connectivity index (χ0n) is 14.9. The quantitative estimate of drug-likeness (QED) is 0.859. The number of carbonyl (C=O) groups excluding carboxylic acids is 1. The molecule has 1 saturated heterocycles. The van der Waals surface area contributed by atoms with Gasteiger partial charge in [-0.15, -0.1) is 0 Å². The number of morpholine rings is 1. The maximum absolute atomic E-state index is 13.2. The van der Waals surface area contributed by atoms with E-state index in [1.165, 1.54) is 12.8 Å². The lowest BCUT2D eigenvalue weighted by Crippen LogP contribution is -2.48. The van der Waals surface area contributed by atoms with Gasteiger partial charge in [-0.1, -0.05) is 30.3 Å². The highest BCUT2D eigenvalue weighted by Gasteiger charge is 2.40. The summed E-state index contributed by atoms with van der Waals surface area (Å²) in [6, 6.07) is 12.1. The topological polar surface area (TPSA) is 47.4 Å². The maximum atomic E-state index is 13.2. The molecule has 1 aliphatic heterocycles. The van der Waals surface area contributed by atoms with Crippen LogP contribution in [0.25, 0.3) is 0 Å². The van der Waals surface area contributed by atoms with Crippen LogP contribution in [0.2, 0.25) is 0 Å². The van der Waals surface area contributed by atoms with Crippen LogP contribution in [0.4, 0.5) is 0 Å².